The first-order chi connectivity index (χ1) is 18.0. The van der Waals surface area contributed by atoms with Crippen molar-refractivity contribution in [1.82, 2.24) is 0 Å². The van der Waals surface area contributed by atoms with Crippen LogP contribution in [-0.2, 0) is 30.1 Å². The molecule has 2 N–H and O–H groups in total. The van der Waals surface area contributed by atoms with Gasteiger partial charge in [0.15, 0.2) is 5.60 Å². The molecule has 0 saturated carbocycles. The van der Waals surface area contributed by atoms with Gasteiger partial charge in [0.25, 0.3) is 0 Å². The molecule has 3 aromatic rings. The van der Waals surface area contributed by atoms with E-state index in [9.17, 15) is 19.5 Å². The van der Waals surface area contributed by atoms with E-state index in [1.165, 1.54) is 0 Å². The van der Waals surface area contributed by atoms with E-state index in [4.69, 9.17) is 4.74 Å². The van der Waals surface area contributed by atoms with Crippen LogP contribution in [0.3, 0.4) is 0 Å². The molecule has 0 aromatic heterocycles. The summed E-state index contributed by atoms with van der Waals surface area (Å²) in [6.07, 6.45) is 1.03. The van der Waals surface area contributed by atoms with Crippen LogP contribution in [0.25, 0.3) is 0 Å². The van der Waals surface area contributed by atoms with Gasteiger partial charge < -0.3 is 15.2 Å². The molecule has 0 heterocycles. The third-order valence-electron chi connectivity index (χ3n) is 7.91. The first kappa shape index (κ1) is 25.5. The zero-order valence-corrected chi connectivity index (χ0v) is 21.9. The SMILES string of the molecule is C=CC(=O)OC12c3ccccc3C(c3ccc(C(C)(C)C)cc31)C(C(=O)Nc1ccccc1C)C2C(=O)O. The molecule has 4 unspecified atom stereocenters. The van der Waals surface area contributed by atoms with Crippen molar-refractivity contribution in [1.29, 1.82) is 0 Å². The van der Waals surface area contributed by atoms with Gasteiger partial charge in [-0.15, -0.1) is 0 Å². The number of para-hydroxylation sites is 1. The van der Waals surface area contributed by atoms with Crippen molar-refractivity contribution in [2.75, 3.05) is 5.32 Å². The number of benzene rings is 3. The van der Waals surface area contributed by atoms with E-state index in [0.29, 0.717) is 16.8 Å². The molecule has 194 valence electrons. The lowest BCUT2D eigenvalue weighted by Gasteiger charge is -2.54. The predicted octanol–water partition coefficient (Wildman–Crippen LogP) is 5.68. The van der Waals surface area contributed by atoms with Crippen molar-refractivity contribution in [3.05, 3.63) is 113 Å². The number of rotatable bonds is 5. The standard InChI is InChI=1S/C32H31NO5/c1-6-25(34)38-32-22-13-9-8-12-20(22)26(21-16-15-19(17-23(21)32)31(3,4)5)27(28(32)30(36)37)29(35)33-24-14-10-7-11-18(24)2/h6-17,26-28H,1H2,2-5H3,(H,33,35)(H,36,37). The van der Waals surface area contributed by atoms with Crippen molar-refractivity contribution in [2.24, 2.45) is 11.8 Å². The molecule has 4 atom stereocenters. The third-order valence-corrected chi connectivity index (χ3v) is 7.91. The highest BCUT2D eigenvalue weighted by atomic mass is 16.6. The number of nitrogens with one attached hydrogen (secondary N) is 1. The summed E-state index contributed by atoms with van der Waals surface area (Å²) in [5.74, 6) is -5.33. The van der Waals surface area contributed by atoms with Crippen LogP contribution in [0, 0.1) is 18.8 Å². The number of amides is 1. The van der Waals surface area contributed by atoms with Crippen LogP contribution >= 0.6 is 0 Å². The summed E-state index contributed by atoms with van der Waals surface area (Å²) in [6.45, 7) is 11.6. The van der Waals surface area contributed by atoms with Gasteiger partial charge in [-0.05, 0) is 40.7 Å². The maximum Gasteiger partial charge on any atom is 0.331 e. The fourth-order valence-corrected chi connectivity index (χ4v) is 6.14. The Morgan fingerprint density at radius 1 is 0.974 bits per heavy atom. The molecule has 38 heavy (non-hydrogen) atoms. The quantitative estimate of drug-likeness (QED) is 0.341. The predicted molar refractivity (Wildman–Crippen MR) is 145 cm³/mol. The van der Waals surface area contributed by atoms with Gasteiger partial charge >= 0.3 is 11.9 Å². The molecule has 1 amide bonds. The summed E-state index contributed by atoms with van der Waals surface area (Å²) < 4.78 is 6.15. The molecule has 3 aromatic carbocycles. The van der Waals surface area contributed by atoms with E-state index < -0.39 is 41.2 Å². The highest BCUT2D eigenvalue weighted by Gasteiger charge is 2.66. The molecule has 0 fully saturated rings. The van der Waals surface area contributed by atoms with Crippen LogP contribution in [0.15, 0.2) is 79.4 Å². The number of hydrogen-bond donors (Lipinski definition) is 2. The lowest BCUT2D eigenvalue weighted by molar-refractivity contribution is -0.176. The van der Waals surface area contributed by atoms with Gasteiger partial charge in [-0.25, -0.2) is 4.79 Å². The van der Waals surface area contributed by atoms with Crippen LogP contribution < -0.4 is 5.32 Å². The van der Waals surface area contributed by atoms with Crippen LogP contribution in [0.2, 0.25) is 0 Å². The summed E-state index contributed by atoms with van der Waals surface area (Å²) in [5, 5.41) is 13.7. The molecule has 0 radical (unpaired) electrons. The maximum absolute atomic E-state index is 14.0. The van der Waals surface area contributed by atoms with E-state index in [-0.39, 0.29) is 5.41 Å². The number of aryl methyl sites for hydroxylation is 1. The average molecular weight is 510 g/mol. The Morgan fingerprint density at radius 2 is 1.63 bits per heavy atom. The summed E-state index contributed by atoms with van der Waals surface area (Å²) in [5.41, 5.74) is 3.25. The van der Waals surface area contributed by atoms with Crippen LogP contribution in [0.1, 0.15) is 60.1 Å². The number of carboxylic acid groups (broad SMARTS) is 1. The number of hydrogen-bond acceptors (Lipinski definition) is 4. The molecular formula is C32H31NO5. The number of carbonyl (C=O) groups excluding carboxylic acids is 2. The topological polar surface area (TPSA) is 92.7 Å². The lowest BCUT2D eigenvalue weighted by atomic mass is 9.51. The fraction of sp³-hybridized carbons (Fsp3) is 0.281. The number of aliphatic carboxylic acids is 1. The molecule has 6 nitrogen and oxygen atoms in total. The summed E-state index contributed by atoms with van der Waals surface area (Å²) in [6, 6.07) is 20.6. The number of fused-ring (bicyclic) bond motifs is 1. The molecular weight excluding hydrogens is 478 g/mol. The van der Waals surface area contributed by atoms with E-state index in [0.717, 1.165) is 28.3 Å². The largest absolute Gasteiger partial charge is 0.481 e. The number of carbonyl (C=O) groups is 3. The second-order valence-corrected chi connectivity index (χ2v) is 11.1. The minimum Gasteiger partial charge on any atom is -0.481 e. The van der Waals surface area contributed by atoms with Gasteiger partial charge in [-0.1, -0.05) is 88.0 Å². The zero-order valence-electron chi connectivity index (χ0n) is 21.9. The van der Waals surface area contributed by atoms with Crippen LogP contribution in [-0.4, -0.2) is 23.0 Å². The zero-order chi connectivity index (χ0) is 27.4. The molecule has 2 bridgehead atoms. The average Bonchev–Trinajstić information content (AvgIpc) is 2.88. The second kappa shape index (κ2) is 8.98. The monoisotopic (exact) mass is 509 g/mol. The number of carboxylic acids is 1. The lowest BCUT2D eigenvalue weighted by Crippen LogP contribution is -2.59. The third kappa shape index (κ3) is 3.74. The fourth-order valence-electron chi connectivity index (χ4n) is 6.14. The Kier molecular flexibility index (Phi) is 6.02. The molecule has 6 rings (SSSR count). The maximum atomic E-state index is 14.0. The summed E-state index contributed by atoms with van der Waals surface area (Å²) in [7, 11) is 0. The molecule has 3 aliphatic carbocycles. The van der Waals surface area contributed by atoms with Crippen molar-refractivity contribution in [3.8, 4) is 0 Å². The van der Waals surface area contributed by atoms with Crippen LogP contribution in [0.5, 0.6) is 0 Å². The van der Waals surface area contributed by atoms with Crippen LogP contribution in [0.4, 0.5) is 5.69 Å². The molecule has 0 aliphatic heterocycles. The number of esters is 1. The Morgan fingerprint density at radius 3 is 2.29 bits per heavy atom. The van der Waals surface area contributed by atoms with Crippen molar-refractivity contribution in [2.45, 2.75) is 44.6 Å². The Bertz CT molecular complexity index is 1480. The van der Waals surface area contributed by atoms with E-state index in [1.54, 1.807) is 18.2 Å². The summed E-state index contributed by atoms with van der Waals surface area (Å²) >= 11 is 0. The first-order valence-corrected chi connectivity index (χ1v) is 12.7. The van der Waals surface area contributed by atoms with Gasteiger partial charge in [0.2, 0.25) is 5.91 Å². The molecule has 0 spiro atoms. The molecule has 0 saturated heterocycles. The second-order valence-electron chi connectivity index (χ2n) is 11.1. The molecule has 3 aliphatic rings. The van der Waals surface area contributed by atoms with Gasteiger partial charge in [-0.2, -0.15) is 0 Å². The normalized spacial score (nSPS) is 23.1. The summed E-state index contributed by atoms with van der Waals surface area (Å²) in [4.78, 5) is 40.1. The van der Waals surface area contributed by atoms with E-state index >= 15 is 0 Å². The Hall–Kier alpha value is -4.19. The van der Waals surface area contributed by atoms with Gasteiger partial charge in [0.05, 0.1) is 5.92 Å². The number of anilines is 1. The highest BCUT2D eigenvalue weighted by Crippen LogP contribution is 2.62. The highest BCUT2D eigenvalue weighted by molar-refractivity contribution is 5.99. The van der Waals surface area contributed by atoms with Gasteiger partial charge in [0, 0.05) is 28.8 Å². The smallest absolute Gasteiger partial charge is 0.331 e. The van der Waals surface area contributed by atoms with Crippen molar-refractivity contribution >= 4 is 23.5 Å². The van der Waals surface area contributed by atoms with Crippen molar-refractivity contribution in [3.63, 3.8) is 0 Å². The Balaban J connectivity index is 1.81. The molecule has 6 heteroatoms. The van der Waals surface area contributed by atoms with E-state index in [1.807, 2.05) is 55.5 Å². The van der Waals surface area contributed by atoms with Gasteiger partial charge in [0.1, 0.15) is 5.92 Å². The minimum atomic E-state index is -1.72. The minimum absolute atomic E-state index is 0.241. The van der Waals surface area contributed by atoms with Crippen molar-refractivity contribution < 1.29 is 24.2 Å². The van der Waals surface area contributed by atoms with Gasteiger partial charge in [-0.3, -0.25) is 9.59 Å². The first-order valence-electron chi connectivity index (χ1n) is 12.7. The van der Waals surface area contributed by atoms with E-state index in [2.05, 4.69) is 32.7 Å². The number of ether oxygens (including phenoxy) is 1. The Labute approximate surface area is 222 Å².